The average molecular weight is 294 g/mol. The molecule has 1 aromatic rings. The lowest BCUT2D eigenvalue weighted by atomic mass is 10.3. The zero-order chi connectivity index (χ0) is 13.8. The molecular weight excluding hydrogens is 279 g/mol. The topological polar surface area (TPSA) is 105 Å². The zero-order valence-corrected chi connectivity index (χ0v) is 11.8. The Balaban J connectivity index is 2.97. The number of hydrogen-bond donors (Lipinski definition) is 1. The number of nitrogens with zero attached hydrogens (tertiary/aromatic N) is 1. The molecule has 2 N–H and O–H groups in total. The van der Waals surface area contributed by atoms with Crippen LogP contribution in [0.1, 0.15) is 25.2 Å². The van der Waals surface area contributed by atoms with E-state index in [1.165, 1.54) is 11.4 Å². The van der Waals surface area contributed by atoms with Crippen LogP contribution in [0.5, 0.6) is 0 Å². The summed E-state index contributed by atoms with van der Waals surface area (Å²) in [5.41, 5.74) is 6.22. The molecule has 1 atom stereocenters. The third-order valence-corrected chi connectivity index (χ3v) is 5.20. The van der Waals surface area contributed by atoms with E-state index in [1.54, 1.807) is 13.8 Å². The van der Waals surface area contributed by atoms with Gasteiger partial charge in [-0.2, -0.15) is 0 Å². The van der Waals surface area contributed by atoms with E-state index in [4.69, 9.17) is 14.8 Å². The van der Waals surface area contributed by atoms with Gasteiger partial charge in [0.25, 0.3) is 0 Å². The molecule has 0 radical (unpaired) electrons. The van der Waals surface area contributed by atoms with E-state index in [9.17, 15) is 14.7 Å². The van der Waals surface area contributed by atoms with Gasteiger partial charge in [0, 0.05) is 11.4 Å². The highest BCUT2D eigenvalue weighted by atomic mass is 32.1. The molecule has 0 amide bonds. The summed E-state index contributed by atoms with van der Waals surface area (Å²) in [6.45, 7) is 3.73. The number of nitro groups is 1. The molecule has 0 saturated heterocycles. The molecule has 1 heterocycles. The van der Waals surface area contributed by atoms with Crippen molar-refractivity contribution < 1.29 is 18.5 Å². The first kappa shape index (κ1) is 15.3. The van der Waals surface area contributed by atoms with Crippen LogP contribution in [0.3, 0.4) is 0 Å². The van der Waals surface area contributed by atoms with Gasteiger partial charge in [0.2, 0.25) is 0 Å². The van der Waals surface area contributed by atoms with E-state index < -0.39 is 18.3 Å². The van der Waals surface area contributed by atoms with E-state index in [0.717, 1.165) is 11.3 Å². The highest BCUT2D eigenvalue weighted by Gasteiger charge is 2.35. The van der Waals surface area contributed by atoms with Crippen LogP contribution in [0, 0.1) is 10.1 Å². The van der Waals surface area contributed by atoms with Crippen molar-refractivity contribution in [1.82, 2.24) is 0 Å². The lowest BCUT2D eigenvalue weighted by Crippen LogP contribution is -2.14. The molecule has 1 rings (SSSR count). The summed E-state index contributed by atoms with van der Waals surface area (Å²) >= 11 is 0.927. The fraction of sp³-hybridized carbons (Fsp3) is 0.556. The molecule has 0 aliphatic carbocycles. The Morgan fingerprint density at radius 1 is 1.50 bits per heavy atom. The number of nitrogens with two attached hydrogens (primary N) is 1. The summed E-state index contributed by atoms with van der Waals surface area (Å²) < 4.78 is 22.6. The van der Waals surface area contributed by atoms with Crippen molar-refractivity contribution >= 4 is 23.9 Å². The Kier molecular flexibility index (Phi) is 5.43. The third kappa shape index (κ3) is 3.37. The van der Waals surface area contributed by atoms with Gasteiger partial charge in [-0.3, -0.25) is 14.7 Å². The Labute approximate surface area is 109 Å². The maximum absolute atomic E-state index is 12.4. The summed E-state index contributed by atoms with van der Waals surface area (Å²) in [6, 6.07) is 1.29. The van der Waals surface area contributed by atoms with E-state index in [0.29, 0.717) is 5.56 Å². The predicted molar refractivity (Wildman–Crippen MR) is 68.8 cm³/mol. The van der Waals surface area contributed by atoms with Crippen LogP contribution in [0.4, 0.5) is 5.00 Å². The van der Waals surface area contributed by atoms with Crippen LogP contribution in [-0.2, 0) is 13.6 Å². The highest BCUT2D eigenvalue weighted by Crippen LogP contribution is 2.58. The molecular formula is C9H15N2O5PS. The second-order valence-electron chi connectivity index (χ2n) is 3.30. The summed E-state index contributed by atoms with van der Waals surface area (Å²) in [7, 11) is -3.49. The van der Waals surface area contributed by atoms with Crippen LogP contribution in [0.15, 0.2) is 11.4 Å². The van der Waals surface area contributed by atoms with Gasteiger partial charge in [0.15, 0.2) is 0 Å². The molecule has 7 nitrogen and oxygen atoms in total. The van der Waals surface area contributed by atoms with Crippen molar-refractivity contribution in [3.05, 3.63) is 27.1 Å². The van der Waals surface area contributed by atoms with Gasteiger partial charge in [-0.1, -0.05) is 11.3 Å². The number of rotatable bonds is 7. The molecule has 0 unspecified atom stereocenters. The van der Waals surface area contributed by atoms with Crippen molar-refractivity contribution in [3.8, 4) is 0 Å². The summed E-state index contributed by atoms with van der Waals surface area (Å²) in [5, 5.41) is 12.0. The minimum atomic E-state index is -3.49. The molecule has 102 valence electrons. The molecule has 0 fully saturated rings. The van der Waals surface area contributed by atoms with Crippen LogP contribution in [0.25, 0.3) is 0 Å². The van der Waals surface area contributed by atoms with Gasteiger partial charge in [-0.25, -0.2) is 0 Å². The molecule has 0 aliphatic rings. The van der Waals surface area contributed by atoms with Gasteiger partial charge in [-0.05, 0) is 19.4 Å². The Hall–Kier alpha value is -0.790. The van der Waals surface area contributed by atoms with Gasteiger partial charge >= 0.3 is 12.6 Å². The Morgan fingerprint density at radius 3 is 2.44 bits per heavy atom. The highest BCUT2D eigenvalue weighted by molar-refractivity contribution is 7.54. The molecule has 18 heavy (non-hydrogen) atoms. The third-order valence-electron chi connectivity index (χ3n) is 2.09. The lowest BCUT2D eigenvalue weighted by Gasteiger charge is -2.22. The second-order valence-corrected chi connectivity index (χ2v) is 6.34. The fourth-order valence-electron chi connectivity index (χ4n) is 1.33. The van der Waals surface area contributed by atoms with E-state index in [2.05, 4.69) is 0 Å². The first-order valence-electron chi connectivity index (χ1n) is 5.31. The number of thiophene rings is 1. The molecule has 0 bridgehead atoms. The quantitative estimate of drug-likeness (QED) is 0.471. The van der Waals surface area contributed by atoms with E-state index in [1.807, 2.05) is 0 Å². The summed E-state index contributed by atoms with van der Waals surface area (Å²) in [4.78, 5) is 10.1. The maximum Gasteiger partial charge on any atom is 0.351 e. The smallest absolute Gasteiger partial charge is 0.314 e. The van der Waals surface area contributed by atoms with Gasteiger partial charge in [0.1, 0.15) is 5.78 Å². The van der Waals surface area contributed by atoms with Crippen LogP contribution in [-0.4, -0.2) is 18.1 Å². The lowest BCUT2D eigenvalue weighted by molar-refractivity contribution is -0.380. The van der Waals surface area contributed by atoms with Crippen molar-refractivity contribution in [2.24, 2.45) is 5.73 Å². The van der Waals surface area contributed by atoms with Crippen molar-refractivity contribution in [1.29, 1.82) is 0 Å². The minimum absolute atomic E-state index is 0.0556. The SMILES string of the molecule is CCOP(=O)(OCC)[C@H](N)c1csc([N+](=O)[O-])c1. The Bertz CT molecular complexity index is 454. The maximum atomic E-state index is 12.4. The molecule has 1 aromatic heterocycles. The fourth-order valence-corrected chi connectivity index (χ4v) is 3.82. The van der Waals surface area contributed by atoms with E-state index >= 15 is 0 Å². The molecule has 0 aromatic carbocycles. The summed E-state index contributed by atoms with van der Waals surface area (Å²) in [5.74, 6) is -1.01. The molecule has 0 aliphatic heterocycles. The number of hydrogen-bond acceptors (Lipinski definition) is 7. The monoisotopic (exact) mass is 294 g/mol. The molecule has 0 saturated carbocycles. The van der Waals surface area contributed by atoms with Crippen molar-refractivity contribution in [3.63, 3.8) is 0 Å². The molecule has 0 spiro atoms. The Morgan fingerprint density at radius 2 is 2.06 bits per heavy atom. The zero-order valence-electron chi connectivity index (χ0n) is 10.1. The van der Waals surface area contributed by atoms with Crippen LogP contribution < -0.4 is 5.73 Å². The van der Waals surface area contributed by atoms with Gasteiger partial charge < -0.3 is 14.8 Å². The standard InChI is InChI=1S/C9H15N2O5PS/c1-3-15-17(14,16-4-2)9(10)7-5-8(11(12)13)18-6-7/h5-6,9H,3-4,10H2,1-2H3/t9-/m0/s1. The molecule has 9 heteroatoms. The normalized spacial score (nSPS) is 13.5. The first-order chi connectivity index (χ1) is 8.44. The predicted octanol–water partition coefficient (Wildman–Crippen LogP) is 2.88. The van der Waals surface area contributed by atoms with Gasteiger partial charge in [0.05, 0.1) is 18.1 Å². The van der Waals surface area contributed by atoms with Crippen LogP contribution >= 0.6 is 18.9 Å². The minimum Gasteiger partial charge on any atom is -0.314 e. The van der Waals surface area contributed by atoms with Gasteiger partial charge in [-0.15, -0.1) is 0 Å². The van der Waals surface area contributed by atoms with E-state index in [-0.39, 0.29) is 18.2 Å². The largest absolute Gasteiger partial charge is 0.351 e. The van der Waals surface area contributed by atoms with Crippen molar-refractivity contribution in [2.45, 2.75) is 19.6 Å². The van der Waals surface area contributed by atoms with Crippen molar-refractivity contribution in [2.75, 3.05) is 13.2 Å². The average Bonchev–Trinajstić information content (AvgIpc) is 2.77. The second kappa shape index (κ2) is 6.40. The first-order valence-corrected chi connectivity index (χ1v) is 7.81. The summed E-state index contributed by atoms with van der Waals surface area (Å²) in [6.07, 6.45) is 0. The van der Waals surface area contributed by atoms with Crippen LogP contribution in [0.2, 0.25) is 0 Å².